The van der Waals surface area contributed by atoms with Crippen LogP contribution >= 0.6 is 0 Å². The largest absolute Gasteiger partial charge is 0.481 e. The van der Waals surface area contributed by atoms with Gasteiger partial charge < -0.3 is 15.5 Å². The Bertz CT molecular complexity index is 382. The molecule has 3 N–H and O–H groups in total. The number of hydrogen-bond donors (Lipinski definition) is 3. The average molecular weight is 270 g/mol. The average Bonchev–Trinajstić information content (AvgIpc) is 2.35. The SMILES string of the molecule is C=CCNC(=O)CN1CCC(C(=O)O)C(C(=O)O)C1. The first-order chi connectivity index (χ1) is 8.95. The van der Waals surface area contributed by atoms with Crippen LogP contribution in [0, 0.1) is 11.8 Å². The molecule has 1 aliphatic rings. The Labute approximate surface area is 110 Å². The molecule has 7 heteroatoms. The predicted octanol–water partition coefficient (Wildman–Crippen LogP) is -0.604. The highest BCUT2D eigenvalue weighted by Gasteiger charge is 2.38. The monoisotopic (exact) mass is 270 g/mol. The number of nitrogens with zero attached hydrogens (tertiary/aromatic N) is 1. The minimum atomic E-state index is -1.14. The van der Waals surface area contributed by atoms with Crippen molar-refractivity contribution in [3.8, 4) is 0 Å². The van der Waals surface area contributed by atoms with E-state index in [9.17, 15) is 14.4 Å². The van der Waals surface area contributed by atoms with Gasteiger partial charge in [-0.3, -0.25) is 19.3 Å². The van der Waals surface area contributed by atoms with Gasteiger partial charge in [-0.2, -0.15) is 0 Å². The summed E-state index contributed by atoms with van der Waals surface area (Å²) in [7, 11) is 0. The number of carbonyl (C=O) groups is 3. The van der Waals surface area contributed by atoms with Crippen molar-refractivity contribution in [3.05, 3.63) is 12.7 Å². The third-order valence-electron chi connectivity index (χ3n) is 3.14. The van der Waals surface area contributed by atoms with Crippen LogP contribution in [0.1, 0.15) is 6.42 Å². The fourth-order valence-corrected chi connectivity index (χ4v) is 2.15. The van der Waals surface area contributed by atoms with Gasteiger partial charge in [0.15, 0.2) is 0 Å². The third kappa shape index (κ3) is 4.36. The number of likely N-dealkylation sites (tertiary alicyclic amines) is 1. The Morgan fingerprint density at radius 1 is 1.26 bits per heavy atom. The van der Waals surface area contributed by atoms with Gasteiger partial charge in [0.2, 0.25) is 5.91 Å². The highest BCUT2D eigenvalue weighted by molar-refractivity contribution is 5.81. The molecule has 0 saturated carbocycles. The number of carboxylic acids is 2. The quantitative estimate of drug-likeness (QED) is 0.556. The first-order valence-electron chi connectivity index (χ1n) is 6.01. The zero-order valence-corrected chi connectivity index (χ0v) is 10.5. The van der Waals surface area contributed by atoms with Crippen molar-refractivity contribution in [1.29, 1.82) is 0 Å². The maximum absolute atomic E-state index is 11.5. The molecule has 0 spiro atoms. The van der Waals surface area contributed by atoms with E-state index in [4.69, 9.17) is 10.2 Å². The molecule has 19 heavy (non-hydrogen) atoms. The molecule has 0 aromatic rings. The molecular weight excluding hydrogens is 252 g/mol. The smallest absolute Gasteiger partial charge is 0.308 e. The summed E-state index contributed by atoms with van der Waals surface area (Å²) in [5.41, 5.74) is 0. The molecule has 0 aromatic carbocycles. The summed E-state index contributed by atoms with van der Waals surface area (Å²) in [4.78, 5) is 35.2. The number of aliphatic carboxylic acids is 2. The first-order valence-corrected chi connectivity index (χ1v) is 6.01. The summed E-state index contributed by atoms with van der Waals surface area (Å²) in [5, 5.41) is 20.6. The number of carboxylic acid groups (broad SMARTS) is 2. The maximum atomic E-state index is 11.5. The second-order valence-electron chi connectivity index (χ2n) is 4.51. The van der Waals surface area contributed by atoms with Crippen LogP contribution in [0.5, 0.6) is 0 Å². The van der Waals surface area contributed by atoms with Crippen LogP contribution in [0.15, 0.2) is 12.7 Å². The molecule has 1 saturated heterocycles. The van der Waals surface area contributed by atoms with Crippen LogP contribution in [0.3, 0.4) is 0 Å². The van der Waals surface area contributed by atoms with Crippen LogP contribution in [0.25, 0.3) is 0 Å². The molecule has 0 radical (unpaired) electrons. The zero-order chi connectivity index (χ0) is 14.4. The van der Waals surface area contributed by atoms with Gasteiger partial charge in [0.05, 0.1) is 18.4 Å². The van der Waals surface area contributed by atoms with Gasteiger partial charge in [-0.1, -0.05) is 6.08 Å². The summed E-state index contributed by atoms with van der Waals surface area (Å²) >= 11 is 0. The van der Waals surface area contributed by atoms with Crippen LogP contribution in [-0.2, 0) is 14.4 Å². The van der Waals surface area contributed by atoms with Crippen molar-refractivity contribution in [2.45, 2.75) is 6.42 Å². The minimum absolute atomic E-state index is 0.0734. The van der Waals surface area contributed by atoms with E-state index in [1.54, 1.807) is 11.0 Å². The van der Waals surface area contributed by atoms with Gasteiger partial charge in [-0.05, 0) is 13.0 Å². The van der Waals surface area contributed by atoms with E-state index in [0.717, 1.165) is 0 Å². The highest BCUT2D eigenvalue weighted by atomic mass is 16.4. The fraction of sp³-hybridized carbons (Fsp3) is 0.583. The zero-order valence-electron chi connectivity index (χ0n) is 10.5. The standard InChI is InChI=1S/C12H18N2O5/c1-2-4-13-10(15)7-14-5-3-8(11(16)17)9(6-14)12(18)19/h2,8-9H,1,3-7H2,(H,13,15)(H,16,17)(H,18,19). The molecule has 1 amide bonds. The maximum Gasteiger partial charge on any atom is 0.308 e. The van der Waals surface area contributed by atoms with Gasteiger partial charge in [0, 0.05) is 13.1 Å². The van der Waals surface area contributed by atoms with E-state index in [2.05, 4.69) is 11.9 Å². The first kappa shape index (κ1) is 15.2. The van der Waals surface area contributed by atoms with Crippen molar-refractivity contribution in [1.82, 2.24) is 10.2 Å². The topological polar surface area (TPSA) is 107 Å². The molecule has 1 fully saturated rings. The van der Waals surface area contributed by atoms with Crippen LogP contribution < -0.4 is 5.32 Å². The lowest BCUT2D eigenvalue weighted by Gasteiger charge is -2.33. The number of hydrogen-bond acceptors (Lipinski definition) is 4. The second kappa shape index (κ2) is 6.89. The number of amides is 1. The number of piperidine rings is 1. The summed E-state index contributed by atoms with van der Waals surface area (Å²) < 4.78 is 0. The molecule has 0 bridgehead atoms. The van der Waals surface area contributed by atoms with Crippen LogP contribution in [0.4, 0.5) is 0 Å². The molecule has 106 valence electrons. The Kier molecular flexibility index (Phi) is 5.50. The molecule has 7 nitrogen and oxygen atoms in total. The molecular formula is C12H18N2O5. The van der Waals surface area contributed by atoms with Gasteiger partial charge >= 0.3 is 11.9 Å². The van der Waals surface area contributed by atoms with Gasteiger partial charge in [0.25, 0.3) is 0 Å². The molecule has 0 aromatic heterocycles. The minimum Gasteiger partial charge on any atom is -0.481 e. The summed E-state index contributed by atoms with van der Waals surface area (Å²) in [6.07, 6.45) is 1.79. The normalized spacial score (nSPS) is 23.6. The Balaban J connectivity index is 2.56. The van der Waals surface area contributed by atoms with Crippen molar-refractivity contribution in [2.75, 3.05) is 26.2 Å². The Hall–Kier alpha value is -1.89. The van der Waals surface area contributed by atoms with E-state index < -0.39 is 23.8 Å². The van der Waals surface area contributed by atoms with E-state index in [1.807, 2.05) is 0 Å². The molecule has 2 unspecified atom stereocenters. The van der Waals surface area contributed by atoms with Gasteiger partial charge in [-0.15, -0.1) is 6.58 Å². The second-order valence-corrected chi connectivity index (χ2v) is 4.51. The van der Waals surface area contributed by atoms with Gasteiger partial charge in [-0.25, -0.2) is 0 Å². The molecule has 1 heterocycles. The lowest BCUT2D eigenvalue weighted by molar-refractivity contribution is -0.157. The third-order valence-corrected chi connectivity index (χ3v) is 3.14. The summed E-state index contributed by atoms with van der Waals surface area (Å²) in [6.45, 7) is 4.38. The van der Waals surface area contributed by atoms with E-state index >= 15 is 0 Å². The number of carbonyl (C=O) groups excluding carboxylic acids is 1. The molecule has 2 atom stereocenters. The van der Waals surface area contributed by atoms with E-state index in [-0.39, 0.29) is 25.4 Å². The Morgan fingerprint density at radius 2 is 1.89 bits per heavy atom. The summed E-state index contributed by atoms with van der Waals surface area (Å²) in [6, 6.07) is 0. The van der Waals surface area contributed by atoms with Crippen LogP contribution in [-0.4, -0.2) is 59.1 Å². The lowest BCUT2D eigenvalue weighted by Crippen LogP contribution is -2.49. The molecule has 0 aliphatic carbocycles. The van der Waals surface area contributed by atoms with Gasteiger partial charge in [0.1, 0.15) is 0 Å². The van der Waals surface area contributed by atoms with Crippen molar-refractivity contribution >= 4 is 17.8 Å². The number of nitrogens with one attached hydrogen (secondary N) is 1. The van der Waals surface area contributed by atoms with E-state index in [1.165, 1.54) is 0 Å². The lowest BCUT2D eigenvalue weighted by atomic mass is 9.85. The van der Waals surface area contributed by atoms with Crippen LogP contribution in [0.2, 0.25) is 0 Å². The summed E-state index contributed by atoms with van der Waals surface area (Å²) in [5.74, 6) is -4.31. The van der Waals surface area contributed by atoms with E-state index in [0.29, 0.717) is 13.1 Å². The van der Waals surface area contributed by atoms with Crippen molar-refractivity contribution in [2.24, 2.45) is 11.8 Å². The number of rotatable bonds is 6. The van der Waals surface area contributed by atoms with Crippen molar-refractivity contribution in [3.63, 3.8) is 0 Å². The van der Waals surface area contributed by atoms with Crippen molar-refractivity contribution < 1.29 is 24.6 Å². The predicted molar refractivity (Wildman–Crippen MR) is 66.5 cm³/mol. The fourth-order valence-electron chi connectivity index (χ4n) is 2.15. The Morgan fingerprint density at radius 3 is 2.42 bits per heavy atom. The molecule has 1 rings (SSSR count). The molecule has 1 aliphatic heterocycles. The highest BCUT2D eigenvalue weighted by Crippen LogP contribution is 2.24.